The second-order valence-electron chi connectivity index (χ2n) is 6.13. The average molecular weight is 322 g/mol. The molecule has 0 atom stereocenters. The Morgan fingerprint density at radius 3 is 2.52 bits per heavy atom. The van der Waals surface area contributed by atoms with Crippen molar-refractivity contribution in [2.24, 2.45) is 5.92 Å². The largest absolute Gasteiger partial charge is 0.356 e. The Labute approximate surface area is 138 Å². The minimum atomic E-state index is -0.252. The quantitative estimate of drug-likeness (QED) is 0.760. The molecule has 128 valence electrons. The minimum absolute atomic E-state index is 0.00944. The van der Waals surface area contributed by atoms with Crippen molar-refractivity contribution in [2.75, 3.05) is 19.6 Å². The van der Waals surface area contributed by atoms with Gasteiger partial charge in [-0.15, -0.1) is 0 Å². The number of benzene rings is 1. The fourth-order valence-corrected chi connectivity index (χ4v) is 2.20. The van der Waals surface area contributed by atoms with Gasteiger partial charge in [0.25, 0.3) is 0 Å². The van der Waals surface area contributed by atoms with E-state index in [0.717, 1.165) is 6.42 Å². The third-order valence-electron chi connectivity index (χ3n) is 3.70. The molecular formula is C18H27FN2O2. The molecule has 0 saturated carbocycles. The summed E-state index contributed by atoms with van der Waals surface area (Å²) in [5.74, 6) is 0.145. The Hall–Kier alpha value is -1.91. The van der Waals surface area contributed by atoms with Gasteiger partial charge in [-0.1, -0.05) is 32.0 Å². The van der Waals surface area contributed by atoms with E-state index in [4.69, 9.17) is 0 Å². The molecule has 0 spiro atoms. The zero-order chi connectivity index (χ0) is 17.2. The number of nitrogens with zero attached hydrogens (tertiary/aromatic N) is 1. The van der Waals surface area contributed by atoms with Gasteiger partial charge in [0, 0.05) is 33.0 Å². The maximum atomic E-state index is 13.4. The van der Waals surface area contributed by atoms with Gasteiger partial charge in [0.05, 0.1) is 0 Å². The van der Waals surface area contributed by atoms with Gasteiger partial charge in [-0.05, 0) is 30.4 Å². The minimum Gasteiger partial charge on any atom is -0.356 e. The van der Waals surface area contributed by atoms with E-state index in [1.54, 1.807) is 23.1 Å². The molecule has 0 aliphatic rings. The van der Waals surface area contributed by atoms with Gasteiger partial charge in [-0.3, -0.25) is 9.59 Å². The van der Waals surface area contributed by atoms with Gasteiger partial charge in [0.15, 0.2) is 0 Å². The fraction of sp³-hybridized carbons (Fsp3) is 0.556. The molecule has 0 heterocycles. The van der Waals surface area contributed by atoms with Crippen molar-refractivity contribution in [3.05, 3.63) is 35.6 Å². The van der Waals surface area contributed by atoms with E-state index in [0.29, 0.717) is 37.5 Å². The summed E-state index contributed by atoms with van der Waals surface area (Å²) in [4.78, 5) is 25.1. The van der Waals surface area contributed by atoms with Gasteiger partial charge in [-0.25, -0.2) is 4.39 Å². The van der Waals surface area contributed by atoms with E-state index < -0.39 is 0 Å². The first-order valence-corrected chi connectivity index (χ1v) is 8.15. The van der Waals surface area contributed by atoms with Gasteiger partial charge in [-0.2, -0.15) is 0 Å². The van der Waals surface area contributed by atoms with Gasteiger partial charge >= 0.3 is 0 Å². The van der Waals surface area contributed by atoms with Crippen molar-refractivity contribution in [3.63, 3.8) is 0 Å². The van der Waals surface area contributed by atoms with Crippen molar-refractivity contribution in [3.8, 4) is 0 Å². The highest BCUT2D eigenvalue weighted by molar-refractivity contribution is 5.78. The SMILES string of the molecule is CC(=O)N(CCC(=O)NCCc1ccccc1F)CCC(C)C. The molecular weight excluding hydrogens is 295 g/mol. The molecule has 0 fully saturated rings. The molecule has 2 amide bonds. The lowest BCUT2D eigenvalue weighted by molar-refractivity contribution is -0.129. The molecule has 0 radical (unpaired) electrons. The lowest BCUT2D eigenvalue weighted by Gasteiger charge is -2.21. The molecule has 0 aromatic heterocycles. The maximum Gasteiger partial charge on any atom is 0.221 e. The van der Waals surface area contributed by atoms with E-state index in [1.807, 2.05) is 0 Å². The van der Waals surface area contributed by atoms with Crippen LogP contribution in [0.2, 0.25) is 0 Å². The van der Waals surface area contributed by atoms with Crippen molar-refractivity contribution in [2.45, 2.75) is 40.0 Å². The summed E-state index contributed by atoms with van der Waals surface area (Å²) in [6.07, 6.45) is 1.66. The lowest BCUT2D eigenvalue weighted by atomic mass is 10.1. The van der Waals surface area contributed by atoms with Crippen LogP contribution in [-0.4, -0.2) is 36.3 Å². The Kier molecular flexibility index (Phi) is 8.30. The maximum absolute atomic E-state index is 13.4. The summed E-state index contributed by atoms with van der Waals surface area (Å²) >= 11 is 0. The first kappa shape index (κ1) is 19.1. The van der Waals surface area contributed by atoms with Crippen LogP contribution >= 0.6 is 0 Å². The molecule has 4 nitrogen and oxygen atoms in total. The van der Waals surface area contributed by atoms with Crippen LogP contribution in [0.5, 0.6) is 0 Å². The molecule has 1 rings (SSSR count). The van der Waals surface area contributed by atoms with E-state index in [-0.39, 0.29) is 24.1 Å². The highest BCUT2D eigenvalue weighted by atomic mass is 19.1. The number of amides is 2. The van der Waals surface area contributed by atoms with Gasteiger partial charge in [0.1, 0.15) is 5.82 Å². The number of carbonyl (C=O) groups excluding carboxylic acids is 2. The molecule has 0 bridgehead atoms. The van der Waals surface area contributed by atoms with Crippen LogP contribution in [0.15, 0.2) is 24.3 Å². The number of hydrogen-bond donors (Lipinski definition) is 1. The lowest BCUT2D eigenvalue weighted by Crippen LogP contribution is -2.35. The Morgan fingerprint density at radius 2 is 1.91 bits per heavy atom. The Balaban J connectivity index is 2.29. The Morgan fingerprint density at radius 1 is 1.22 bits per heavy atom. The van der Waals surface area contributed by atoms with Crippen LogP contribution in [0, 0.1) is 11.7 Å². The van der Waals surface area contributed by atoms with E-state index >= 15 is 0 Å². The third-order valence-corrected chi connectivity index (χ3v) is 3.70. The van der Waals surface area contributed by atoms with Crippen molar-refractivity contribution in [1.82, 2.24) is 10.2 Å². The molecule has 23 heavy (non-hydrogen) atoms. The molecule has 1 aromatic rings. The van der Waals surface area contributed by atoms with E-state index in [2.05, 4.69) is 19.2 Å². The highest BCUT2D eigenvalue weighted by Crippen LogP contribution is 2.06. The van der Waals surface area contributed by atoms with E-state index in [9.17, 15) is 14.0 Å². The summed E-state index contributed by atoms with van der Waals surface area (Å²) in [5.41, 5.74) is 0.593. The molecule has 0 saturated heterocycles. The summed E-state index contributed by atoms with van der Waals surface area (Å²) in [6.45, 7) is 7.23. The standard InChI is InChI=1S/C18H27FN2O2/c1-14(2)9-12-21(15(3)22)13-10-18(23)20-11-8-16-6-4-5-7-17(16)19/h4-7,14H,8-13H2,1-3H3,(H,20,23). The summed E-state index contributed by atoms with van der Waals surface area (Å²) in [6, 6.07) is 6.55. The average Bonchev–Trinajstić information content (AvgIpc) is 2.48. The molecule has 0 aliphatic heterocycles. The van der Waals surface area contributed by atoms with Crippen LogP contribution in [0.25, 0.3) is 0 Å². The normalized spacial score (nSPS) is 10.7. The van der Waals surface area contributed by atoms with Crippen LogP contribution < -0.4 is 5.32 Å². The third kappa shape index (κ3) is 7.77. The van der Waals surface area contributed by atoms with Crippen LogP contribution in [0.1, 0.15) is 39.2 Å². The van der Waals surface area contributed by atoms with Crippen LogP contribution in [-0.2, 0) is 16.0 Å². The zero-order valence-corrected chi connectivity index (χ0v) is 14.3. The van der Waals surface area contributed by atoms with Crippen molar-refractivity contribution < 1.29 is 14.0 Å². The number of nitrogens with one attached hydrogen (secondary N) is 1. The summed E-state index contributed by atoms with van der Waals surface area (Å²) in [7, 11) is 0. The monoisotopic (exact) mass is 322 g/mol. The fourth-order valence-electron chi connectivity index (χ4n) is 2.20. The molecule has 5 heteroatoms. The number of rotatable bonds is 9. The zero-order valence-electron chi connectivity index (χ0n) is 14.3. The second kappa shape index (κ2) is 9.98. The molecule has 0 aliphatic carbocycles. The van der Waals surface area contributed by atoms with Crippen molar-refractivity contribution in [1.29, 1.82) is 0 Å². The summed E-state index contributed by atoms with van der Waals surface area (Å²) in [5, 5.41) is 2.77. The van der Waals surface area contributed by atoms with Gasteiger partial charge in [0.2, 0.25) is 11.8 Å². The highest BCUT2D eigenvalue weighted by Gasteiger charge is 2.11. The first-order chi connectivity index (χ1) is 10.9. The van der Waals surface area contributed by atoms with Crippen LogP contribution in [0.3, 0.4) is 0 Å². The predicted molar refractivity (Wildman–Crippen MR) is 89.4 cm³/mol. The Bertz CT molecular complexity index is 517. The molecule has 1 aromatic carbocycles. The number of halogens is 1. The van der Waals surface area contributed by atoms with E-state index in [1.165, 1.54) is 13.0 Å². The predicted octanol–water partition coefficient (Wildman–Crippen LogP) is 2.77. The van der Waals surface area contributed by atoms with Crippen LogP contribution in [0.4, 0.5) is 4.39 Å². The molecule has 0 unspecified atom stereocenters. The molecule has 1 N–H and O–H groups in total. The smallest absolute Gasteiger partial charge is 0.221 e. The van der Waals surface area contributed by atoms with Gasteiger partial charge < -0.3 is 10.2 Å². The first-order valence-electron chi connectivity index (χ1n) is 8.15. The van der Waals surface area contributed by atoms with Crippen molar-refractivity contribution >= 4 is 11.8 Å². The second-order valence-corrected chi connectivity index (χ2v) is 6.13. The number of hydrogen-bond acceptors (Lipinski definition) is 2. The number of carbonyl (C=O) groups is 2. The topological polar surface area (TPSA) is 49.4 Å². The summed E-state index contributed by atoms with van der Waals surface area (Å²) < 4.78 is 13.4.